The van der Waals surface area contributed by atoms with E-state index >= 15 is 0 Å². The minimum atomic E-state index is -4.42. The molecule has 1 amide bonds. The number of rotatable bonds is 8. The largest absolute Gasteiger partial charge is 0.495 e. The molecular weight excluding hydrogens is 425 g/mol. The Morgan fingerprint density at radius 3 is 2.47 bits per heavy atom. The maximum atomic E-state index is 14.0. The number of hydrogen-bond acceptors (Lipinski definition) is 8. The molecule has 0 bridgehead atoms. The predicted octanol–water partition coefficient (Wildman–Crippen LogP) is 1.57. The summed E-state index contributed by atoms with van der Waals surface area (Å²) < 4.78 is 51.1. The van der Waals surface area contributed by atoms with Gasteiger partial charge in [0.25, 0.3) is 21.6 Å². The molecule has 0 aliphatic heterocycles. The van der Waals surface area contributed by atoms with Gasteiger partial charge in [-0.05, 0) is 31.2 Å². The lowest BCUT2D eigenvalue weighted by Crippen LogP contribution is -2.30. The van der Waals surface area contributed by atoms with Crippen molar-refractivity contribution in [2.24, 2.45) is 5.73 Å². The number of nitrogens with one attached hydrogen (secondary N) is 1. The first-order valence-electron chi connectivity index (χ1n) is 8.11. The van der Waals surface area contributed by atoms with Gasteiger partial charge in [0.1, 0.15) is 11.6 Å². The summed E-state index contributed by atoms with van der Waals surface area (Å²) in [4.78, 5) is 32.7. The van der Waals surface area contributed by atoms with Crippen molar-refractivity contribution in [3.8, 4) is 5.75 Å². The van der Waals surface area contributed by atoms with Crippen LogP contribution in [0.4, 0.5) is 15.8 Å². The van der Waals surface area contributed by atoms with E-state index in [1.165, 1.54) is 13.2 Å². The van der Waals surface area contributed by atoms with Gasteiger partial charge >= 0.3 is 5.97 Å². The Labute approximate surface area is 169 Å². The van der Waals surface area contributed by atoms with Crippen molar-refractivity contribution in [1.82, 2.24) is 0 Å². The first-order valence-corrected chi connectivity index (χ1v) is 9.59. The Morgan fingerprint density at radius 1 is 1.23 bits per heavy atom. The van der Waals surface area contributed by atoms with Crippen LogP contribution in [0.15, 0.2) is 41.3 Å². The summed E-state index contributed by atoms with van der Waals surface area (Å²) in [6.07, 6.45) is -1.37. The molecular formula is C17H16FN3O8S. The van der Waals surface area contributed by atoms with Crippen LogP contribution in [0.3, 0.4) is 0 Å². The van der Waals surface area contributed by atoms with Crippen LogP contribution < -0.4 is 15.2 Å². The number of halogens is 1. The number of nitrogens with zero attached hydrogens (tertiary/aromatic N) is 1. The summed E-state index contributed by atoms with van der Waals surface area (Å²) in [5.74, 6) is -3.39. The van der Waals surface area contributed by atoms with Crippen molar-refractivity contribution in [3.63, 3.8) is 0 Å². The standard InChI is InChI=1S/C17H16FN3O8S/c1-9(16(19)22)29-17(23)12-8-11(4-5-13(12)18)30(26,27)20-14-7-10(21(24)25)3-6-15(14)28-2/h3-9,20H,1-2H3,(H2,19,22). The molecule has 0 aliphatic rings. The molecule has 0 aromatic heterocycles. The molecule has 0 heterocycles. The third kappa shape index (κ3) is 5.00. The fourth-order valence-electron chi connectivity index (χ4n) is 2.20. The van der Waals surface area contributed by atoms with Crippen molar-refractivity contribution in [2.45, 2.75) is 17.9 Å². The average Bonchev–Trinajstić information content (AvgIpc) is 2.67. The molecule has 0 spiro atoms. The molecule has 2 aromatic rings. The van der Waals surface area contributed by atoms with Crippen molar-refractivity contribution >= 4 is 33.3 Å². The first kappa shape index (κ1) is 22.5. The molecule has 3 N–H and O–H groups in total. The fourth-order valence-corrected chi connectivity index (χ4v) is 3.29. The number of nitrogens with two attached hydrogens (primary N) is 1. The number of benzene rings is 2. The topological polar surface area (TPSA) is 168 Å². The Morgan fingerprint density at radius 2 is 1.90 bits per heavy atom. The number of methoxy groups -OCH3 is 1. The molecule has 1 unspecified atom stereocenters. The molecule has 0 saturated heterocycles. The second-order valence-electron chi connectivity index (χ2n) is 5.84. The molecule has 0 aliphatic carbocycles. The number of primary amides is 1. The van der Waals surface area contributed by atoms with E-state index in [1.54, 1.807) is 0 Å². The van der Waals surface area contributed by atoms with E-state index in [0.717, 1.165) is 25.1 Å². The highest BCUT2D eigenvalue weighted by Gasteiger charge is 2.24. The molecule has 11 nitrogen and oxygen atoms in total. The number of carbonyl (C=O) groups is 2. The summed E-state index contributed by atoms with van der Waals surface area (Å²) >= 11 is 0. The molecule has 0 fully saturated rings. The summed E-state index contributed by atoms with van der Waals surface area (Å²) in [6.45, 7) is 1.16. The van der Waals surface area contributed by atoms with Crippen LogP contribution in [-0.2, 0) is 19.6 Å². The summed E-state index contributed by atoms with van der Waals surface area (Å²) in [7, 11) is -3.20. The lowest BCUT2D eigenvalue weighted by atomic mass is 10.2. The predicted molar refractivity (Wildman–Crippen MR) is 101 cm³/mol. The summed E-state index contributed by atoms with van der Waals surface area (Å²) in [5, 5.41) is 10.9. The monoisotopic (exact) mass is 441 g/mol. The van der Waals surface area contributed by atoms with Crippen molar-refractivity contribution < 1.29 is 36.8 Å². The van der Waals surface area contributed by atoms with E-state index in [1.807, 2.05) is 0 Å². The smallest absolute Gasteiger partial charge is 0.341 e. The molecule has 160 valence electrons. The number of carbonyl (C=O) groups excluding carboxylic acids is 2. The van der Waals surface area contributed by atoms with Gasteiger partial charge in [-0.3, -0.25) is 19.6 Å². The molecule has 1 atom stereocenters. The van der Waals surface area contributed by atoms with E-state index in [4.69, 9.17) is 10.5 Å². The highest BCUT2D eigenvalue weighted by atomic mass is 32.2. The van der Waals surface area contributed by atoms with Crippen LogP contribution in [0, 0.1) is 15.9 Å². The van der Waals surface area contributed by atoms with Gasteiger partial charge in [-0.15, -0.1) is 0 Å². The van der Waals surface area contributed by atoms with Crippen molar-refractivity contribution in [3.05, 3.63) is 57.9 Å². The Bertz CT molecular complexity index is 1120. The Kier molecular flexibility index (Phi) is 6.56. The van der Waals surface area contributed by atoms with Crippen LogP contribution in [-0.4, -0.2) is 38.4 Å². The van der Waals surface area contributed by atoms with E-state index in [2.05, 4.69) is 9.46 Å². The van der Waals surface area contributed by atoms with Crippen LogP contribution in [0.25, 0.3) is 0 Å². The zero-order chi connectivity index (χ0) is 22.6. The van der Waals surface area contributed by atoms with Gasteiger partial charge in [0.05, 0.1) is 28.2 Å². The highest BCUT2D eigenvalue weighted by Crippen LogP contribution is 2.31. The lowest BCUT2D eigenvalue weighted by Gasteiger charge is -2.13. The minimum absolute atomic E-state index is 0.0128. The van der Waals surface area contributed by atoms with Gasteiger partial charge in [-0.25, -0.2) is 17.6 Å². The number of sulfonamides is 1. The second kappa shape index (κ2) is 8.73. The number of nitro benzene ring substituents is 1. The molecule has 30 heavy (non-hydrogen) atoms. The summed E-state index contributed by atoms with van der Waals surface area (Å²) in [6, 6.07) is 5.51. The first-order chi connectivity index (χ1) is 14.0. The average molecular weight is 441 g/mol. The molecule has 0 saturated carbocycles. The number of hydrogen-bond donors (Lipinski definition) is 2. The quantitative estimate of drug-likeness (QED) is 0.353. The minimum Gasteiger partial charge on any atom is -0.495 e. The molecule has 2 aromatic carbocycles. The number of non-ortho nitro benzene ring substituents is 1. The van der Waals surface area contributed by atoms with Crippen molar-refractivity contribution in [2.75, 3.05) is 11.8 Å². The molecule has 13 heteroatoms. The molecule has 0 radical (unpaired) electrons. The van der Waals surface area contributed by atoms with E-state index in [-0.39, 0.29) is 11.4 Å². The highest BCUT2D eigenvalue weighted by molar-refractivity contribution is 7.92. The maximum absolute atomic E-state index is 14.0. The number of ether oxygens (including phenoxy) is 2. The lowest BCUT2D eigenvalue weighted by molar-refractivity contribution is -0.384. The summed E-state index contributed by atoms with van der Waals surface area (Å²) in [5.41, 5.74) is 3.56. The van der Waals surface area contributed by atoms with Crippen molar-refractivity contribution in [1.29, 1.82) is 0 Å². The number of nitro groups is 1. The van der Waals surface area contributed by atoms with Crippen LogP contribution in [0.2, 0.25) is 0 Å². The normalized spacial score (nSPS) is 12.0. The van der Waals surface area contributed by atoms with Gasteiger partial charge in [0.15, 0.2) is 6.10 Å². The van der Waals surface area contributed by atoms with E-state index < -0.39 is 54.9 Å². The Balaban J connectivity index is 2.42. The number of anilines is 1. The zero-order valence-corrected chi connectivity index (χ0v) is 16.4. The molecule has 2 rings (SSSR count). The van der Waals surface area contributed by atoms with Crippen LogP contribution >= 0.6 is 0 Å². The van der Waals surface area contributed by atoms with Gasteiger partial charge in [-0.2, -0.15) is 0 Å². The van der Waals surface area contributed by atoms with E-state index in [9.17, 15) is 32.5 Å². The zero-order valence-electron chi connectivity index (χ0n) is 15.6. The third-order valence-corrected chi connectivity index (χ3v) is 5.15. The number of esters is 1. The van der Waals surface area contributed by atoms with Gasteiger partial charge in [0.2, 0.25) is 0 Å². The van der Waals surface area contributed by atoms with Crippen LogP contribution in [0.5, 0.6) is 5.75 Å². The fraction of sp³-hybridized carbons (Fsp3) is 0.176. The van der Waals surface area contributed by atoms with Gasteiger partial charge in [0, 0.05) is 12.1 Å². The third-order valence-electron chi connectivity index (χ3n) is 3.79. The SMILES string of the molecule is COc1ccc([N+](=O)[O-])cc1NS(=O)(=O)c1ccc(F)c(C(=O)OC(C)C(N)=O)c1. The second-order valence-corrected chi connectivity index (χ2v) is 7.52. The number of amides is 1. The van der Waals surface area contributed by atoms with Gasteiger partial charge in [-0.1, -0.05) is 0 Å². The van der Waals surface area contributed by atoms with Gasteiger partial charge < -0.3 is 15.2 Å². The Hall–Kier alpha value is -3.74. The maximum Gasteiger partial charge on any atom is 0.341 e. The van der Waals surface area contributed by atoms with E-state index in [0.29, 0.717) is 12.1 Å². The van der Waals surface area contributed by atoms with Crippen LogP contribution in [0.1, 0.15) is 17.3 Å².